The van der Waals surface area contributed by atoms with Gasteiger partial charge in [-0.15, -0.1) is 0 Å². The quantitative estimate of drug-likeness (QED) is 0.0405. The fraction of sp³-hybridized carbons (Fsp3) is 0.514. The molecule has 0 bridgehead atoms. The van der Waals surface area contributed by atoms with E-state index in [0.717, 1.165) is 50.7 Å². The third-order valence-corrected chi connectivity index (χ3v) is 6.32. The van der Waals surface area contributed by atoms with Gasteiger partial charge in [-0.25, -0.2) is 9.59 Å². The molecule has 0 aliphatic rings. The molecule has 0 aromatic heterocycles. The van der Waals surface area contributed by atoms with E-state index in [1.807, 2.05) is 12.2 Å². The van der Waals surface area contributed by atoms with Crippen LogP contribution in [-0.2, 0) is 28.7 Å². The van der Waals surface area contributed by atoms with Crippen LogP contribution in [0.4, 0.5) is 0 Å². The normalized spacial score (nSPS) is 13.0. The predicted octanol–water partition coefficient (Wildman–Crippen LogP) is 5.25. The minimum absolute atomic E-state index is 0.179. The summed E-state index contributed by atoms with van der Waals surface area (Å²) in [4.78, 5) is 48.2. The summed E-state index contributed by atoms with van der Waals surface area (Å²) in [6.07, 6.45) is 33.9. The highest BCUT2D eigenvalue weighted by Crippen LogP contribution is 2.07. The lowest BCUT2D eigenvalue weighted by molar-refractivity contribution is -0.157. The van der Waals surface area contributed by atoms with Crippen molar-refractivity contribution in [3.05, 3.63) is 85.1 Å². The number of hydrogen-bond donors (Lipinski definition) is 4. The molecule has 0 aliphatic heterocycles. The summed E-state index contributed by atoms with van der Waals surface area (Å²) >= 11 is 0. The Labute approximate surface area is 281 Å². The lowest BCUT2D eigenvalue weighted by atomic mass is 10.1. The maximum atomic E-state index is 12.6. The second kappa shape index (κ2) is 31.9. The summed E-state index contributed by atoms with van der Waals surface area (Å²) in [6, 6.07) is -0.965. The molecule has 0 aromatic carbocycles. The zero-order chi connectivity index (χ0) is 34.8. The van der Waals surface area contributed by atoms with Gasteiger partial charge in [-0.2, -0.15) is 0 Å². The van der Waals surface area contributed by atoms with Crippen molar-refractivity contribution in [2.45, 2.75) is 96.6 Å². The molecule has 0 saturated carbocycles. The molecule has 0 saturated heterocycles. The molecule has 2 amide bonds. The van der Waals surface area contributed by atoms with Crippen LogP contribution in [0, 0.1) is 0 Å². The predicted molar refractivity (Wildman–Crippen MR) is 186 cm³/mol. The van der Waals surface area contributed by atoms with Gasteiger partial charge in [-0.05, 0) is 71.1 Å². The van der Waals surface area contributed by atoms with Crippen molar-refractivity contribution < 1.29 is 38.9 Å². The van der Waals surface area contributed by atoms with Crippen molar-refractivity contribution in [2.24, 2.45) is 0 Å². The van der Waals surface area contributed by atoms with Crippen molar-refractivity contribution in [1.82, 2.24) is 10.6 Å². The minimum Gasteiger partial charge on any atom is -0.463 e. The molecule has 1 unspecified atom stereocenters. The highest BCUT2D eigenvalue weighted by atomic mass is 16.6. The molecular weight excluding hydrogens is 600 g/mol. The van der Waals surface area contributed by atoms with Gasteiger partial charge in [-0.3, -0.25) is 9.59 Å². The average Bonchev–Trinajstić information content (AvgIpc) is 3.06. The van der Waals surface area contributed by atoms with Gasteiger partial charge in [0.2, 0.25) is 11.8 Å². The van der Waals surface area contributed by atoms with Gasteiger partial charge in [-0.1, -0.05) is 79.8 Å². The van der Waals surface area contributed by atoms with E-state index in [1.54, 1.807) is 6.92 Å². The molecule has 0 rings (SSSR count). The number of ether oxygens (including phenoxy) is 2. The highest BCUT2D eigenvalue weighted by Gasteiger charge is 2.24. The molecular formula is C37H56N2O8. The van der Waals surface area contributed by atoms with E-state index in [-0.39, 0.29) is 25.4 Å². The Kier molecular flexibility index (Phi) is 29.2. The summed E-state index contributed by atoms with van der Waals surface area (Å²) in [6.45, 7) is 3.21. The number of nitrogens with one attached hydrogen (secondary N) is 2. The van der Waals surface area contributed by atoms with Crippen molar-refractivity contribution >= 4 is 23.8 Å². The third-order valence-electron chi connectivity index (χ3n) is 6.32. The zero-order valence-electron chi connectivity index (χ0n) is 28.2. The van der Waals surface area contributed by atoms with Crippen LogP contribution in [0.25, 0.3) is 0 Å². The van der Waals surface area contributed by atoms with Gasteiger partial charge in [0.25, 0.3) is 0 Å². The topological polar surface area (TPSA) is 151 Å². The number of rotatable bonds is 27. The van der Waals surface area contributed by atoms with Crippen LogP contribution in [0.15, 0.2) is 85.1 Å². The molecule has 0 fully saturated rings. The Morgan fingerprint density at radius 1 is 0.702 bits per heavy atom. The number of carbonyl (C=O) groups is 4. The van der Waals surface area contributed by atoms with Crippen LogP contribution in [0.2, 0.25) is 0 Å². The standard InChI is InChI=1S/C37H56N2O8/c1-3-5-6-7-8-9-10-11-12-13-14-15-16-17-18-19-20-21-22-26-35(43)39-33(37(45)47-32(30-40)31-41)25-23-24-29-38-34(42)27-28-36(44)46-4-2/h5-6,8-9,11-12,14-15,17-18,20-21,27-28,32-33,40-41H,3-4,7,10,13,16,19,22-26,29-31H2,1-2H3,(H,38,42)(H,39,43). The number of aliphatic hydroxyl groups excluding tert-OH is 2. The summed E-state index contributed by atoms with van der Waals surface area (Å²) < 4.78 is 9.83. The first-order chi connectivity index (χ1) is 22.9. The van der Waals surface area contributed by atoms with E-state index in [9.17, 15) is 29.4 Å². The van der Waals surface area contributed by atoms with E-state index in [4.69, 9.17) is 9.47 Å². The molecule has 47 heavy (non-hydrogen) atoms. The average molecular weight is 657 g/mol. The fourth-order valence-corrected chi connectivity index (χ4v) is 3.83. The number of hydrogen-bond acceptors (Lipinski definition) is 8. The van der Waals surface area contributed by atoms with Gasteiger partial charge in [0.15, 0.2) is 0 Å². The van der Waals surface area contributed by atoms with E-state index in [2.05, 4.69) is 78.3 Å². The second-order valence-corrected chi connectivity index (χ2v) is 10.4. The lowest BCUT2D eigenvalue weighted by Crippen LogP contribution is -2.44. The molecule has 0 spiro atoms. The molecule has 0 radical (unpaired) electrons. The summed E-state index contributed by atoms with van der Waals surface area (Å²) in [5, 5.41) is 23.8. The van der Waals surface area contributed by atoms with Crippen molar-refractivity contribution in [2.75, 3.05) is 26.4 Å². The lowest BCUT2D eigenvalue weighted by Gasteiger charge is -2.20. The Hall–Kier alpha value is -4.02. The van der Waals surface area contributed by atoms with E-state index in [0.29, 0.717) is 25.8 Å². The van der Waals surface area contributed by atoms with E-state index < -0.39 is 43.2 Å². The van der Waals surface area contributed by atoms with Crippen LogP contribution in [0.1, 0.15) is 84.5 Å². The van der Waals surface area contributed by atoms with Crippen molar-refractivity contribution in [3.8, 4) is 0 Å². The summed E-state index contributed by atoms with van der Waals surface area (Å²) in [5.74, 6) is -2.13. The Morgan fingerprint density at radius 2 is 1.23 bits per heavy atom. The monoisotopic (exact) mass is 656 g/mol. The van der Waals surface area contributed by atoms with Crippen molar-refractivity contribution in [3.63, 3.8) is 0 Å². The first-order valence-electron chi connectivity index (χ1n) is 16.6. The molecule has 4 N–H and O–H groups in total. The summed E-state index contributed by atoms with van der Waals surface area (Å²) in [7, 11) is 0. The number of amides is 2. The number of carbonyl (C=O) groups excluding carboxylic acids is 4. The number of unbranched alkanes of at least 4 members (excludes halogenated alkanes) is 1. The SMILES string of the molecule is CCC=CCC=CCC=CCC=CCC=CCC=CCCC(=O)NC(CCCCNC(=O)C=CC(=O)OCC)C(=O)OC(CO)CO. The van der Waals surface area contributed by atoms with Gasteiger partial charge >= 0.3 is 11.9 Å². The van der Waals surface area contributed by atoms with Crippen LogP contribution >= 0.6 is 0 Å². The molecule has 1 atom stereocenters. The molecule has 0 heterocycles. The first-order valence-corrected chi connectivity index (χ1v) is 16.6. The van der Waals surface area contributed by atoms with Gasteiger partial charge < -0.3 is 30.3 Å². The molecule has 10 heteroatoms. The number of esters is 2. The second-order valence-electron chi connectivity index (χ2n) is 10.4. The third kappa shape index (κ3) is 28.0. The van der Waals surface area contributed by atoms with Gasteiger partial charge in [0.1, 0.15) is 12.1 Å². The van der Waals surface area contributed by atoms with Crippen LogP contribution < -0.4 is 10.6 Å². The molecule has 0 aliphatic carbocycles. The Morgan fingerprint density at radius 3 is 1.74 bits per heavy atom. The Balaban J connectivity index is 4.42. The van der Waals surface area contributed by atoms with Crippen molar-refractivity contribution in [1.29, 1.82) is 0 Å². The molecule has 0 aromatic rings. The fourth-order valence-electron chi connectivity index (χ4n) is 3.83. The number of aliphatic hydroxyl groups is 2. The van der Waals surface area contributed by atoms with Crippen LogP contribution in [0.3, 0.4) is 0 Å². The first kappa shape index (κ1) is 43.0. The summed E-state index contributed by atoms with van der Waals surface area (Å²) in [5.41, 5.74) is 0. The van der Waals surface area contributed by atoms with Gasteiger partial charge in [0, 0.05) is 25.1 Å². The van der Waals surface area contributed by atoms with Crippen LogP contribution in [0.5, 0.6) is 0 Å². The molecule has 262 valence electrons. The Bertz CT molecular complexity index is 1070. The minimum atomic E-state index is -1.08. The van der Waals surface area contributed by atoms with Gasteiger partial charge in [0.05, 0.1) is 19.8 Å². The smallest absolute Gasteiger partial charge is 0.330 e. The maximum Gasteiger partial charge on any atom is 0.330 e. The maximum absolute atomic E-state index is 12.6. The number of allylic oxidation sites excluding steroid dienone is 12. The highest BCUT2D eigenvalue weighted by molar-refractivity contribution is 5.94. The van der Waals surface area contributed by atoms with E-state index in [1.165, 1.54) is 0 Å². The zero-order valence-corrected chi connectivity index (χ0v) is 28.2. The van der Waals surface area contributed by atoms with E-state index >= 15 is 0 Å². The van der Waals surface area contributed by atoms with Crippen LogP contribution in [-0.4, -0.2) is 72.5 Å². The molecule has 10 nitrogen and oxygen atoms in total. The largest absolute Gasteiger partial charge is 0.463 e.